The van der Waals surface area contributed by atoms with Gasteiger partial charge in [-0.3, -0.25) is 9.80 Å². The fraction of sp³-hybridized carbons (Fsp3) is 0.722. The molecule has 1 atom stereocenters. The highest BCUT2D eigenvalue weighted by Crippen LogP contribution is 2.38. The van der Waals surface area contributed by atoms with Crippen LogP contribution in [-0.4, -0.2) is 55.7 Å². The molecule has 7 nitrogen and oxygen atoms in total. The number of aromatic nitrogens is 4. The lowest BCUT2D eigenvalue weighted by Crippen LogP contribution is -2.34. The summed E-state index contributed by atoms with van der Waals surface area (Å²) in [4.78, 5) is 9.22. The Morgan fingerprint density at radius 2 is 2.12 bits per heavy atom. The third-order valence-corrected chi connectivity index (χ3v) is 5.51. The predicted molar refractivity (Wildman–Crippen MR) is 94.0 cm³/mol. The maximum Gasteiger partial charge on any atom is 0.208 e. The third kappa shape index (κ3) is 3.62. The monoisotopic (exact) mass is 344 g/mol. The first-order valence-electron chi connectivity index (χ1n) is 9.38. The second kappa shape index (κ2) is 6.88. The molecule has 0 unspecified atom stereocenters. The average molecular weight is 344 g/mol. The minimum absolute atomic E-state index is 0.535. The van der Waals surface area contributed by atoms with Crippen LogP contribution in [0.5, 0.6) is 0 Å². The lowest BCUT2D eigenvalue weighted by atomic mass is 10.2. The molecule has 25 heavy (non-hydrogen) atoms. The summed E-state index contributed by atoms with van der Waals surface area (Å²) < 4.78 is 7.95. The van der Waals surface area contributed by atoms with E-state index in [1.165, 1.54) is 25.1 Å². The highest BCUT2D eigenvalue weighted by molar-refractivity contribution is 5.08. The predicted octanol–water partition coefficient (Wildman–Crippen LogP) is 1.95. The van der Waals surface area contributed by atoms with Crippen molar-refractivity contribution < 1.29 is 4.42 Å². The van der Waals surface area contributed by atoms with Crippen molar-refractivity contribution in [3.05, 3.63) is 29.5 Å². The molecule has 3 heterocycles. The fourth-order valence-electron chi connectivity index (χ4n) is 3.65. The van der Waals surface area contributed by atoms with Crippen LogP contribution in [0, 0.1) is 0 Å². The van der Waals surface area contributed by atoms with Gasteiger partial charge in [-0.25, -0.2) is 4.98 Å². The van der Waals surface area contributed by atoms with Crippen molar-refractivity contribution in [3.63, 3.8) is 0 Å². The van der Waals surface area contributed by atoms with Gasteiger partial charge in [0.2, 0.25) is 5.89 Å². The van der Waals surface area contributed by atoms with E-state index in [-0.39, 0.29) is 0 Å². The summed E-state index contributed by atoms with van der Waals surface area (Å²) in [7, 11) is 4.27. The van der Waals surface area contributed by atoms with Crippen LogP contribution in [0.3, 0.4) is 0 Å². The summed E-state index contributed by atoms with van der Waals surface area (Å²) in [6.07, 6.45) is 6.45. The van der Waals surface area contributed by atoms with Crippen molar-refractivity contribution in [2.45, 2.75) is 57.7 Å². The van der Waals surface area contributed by atoms with Crippen molar-refractivity contribution in [2.24, 2.45) is 7.05 Å². The highest BCUT2D eigenvalue weighted by atomic mass is 16.4. The third-order valence-electron chi connectivity index (χ3n) is 5.51. The largest absolute Gasteiger partial charge is 0.444 e. The summed E-state index contributed by atoms with van der Waals surface area (Å²) in [5.41, 5.74) is 0. The maximum atomic E-state index is 5.74. The Balaban J connectivity index is 1.31. The normalized spacial score (nSPS) is 21.5. The van der Waals surface area contributed by atoms with Crippen LogP contribution in [0.4, 0.5) is 0 Å². The molecule has 4 rings (SSSR count). The Bertz CT molecular complexity index is 719. The van der Waals surface area contributed by atoms with E-state index < -0.39 is 0 Å². The first kappa shape index (κ1) is 16.7. The molecule has 2 aromatic heterocycles. The molecule has 0 aromatic carbocycles. The molecule has 0 spiro atoms. The standard InChI is InChI=1S/C18H28N6O/c1-4-15-9-19-17(25-15)12-22(2)14-7-8-24(10-14)11-16-20-21-18(23(16)3)13-5-6-13/h9,13-14H,4-8,10-12H2,1-3H3/t14-/m1/s1. The van der Waals surface area contributed by atoms with E-state index in [4.69, 9.17) is 4.42 Å². The topological polar surface area (TPSA) is 63.2 Å². The van der Waals surface area contributed by atoms with Gasteiger partial charge in [0.05, 0.1) is 19.3 Å². The molecule has 0 N–H and O–H groups in total. The maximum absolute atomic E-state index is 5.74. The van der Waals surface area contributed by atoms with Gasteiger partial charge in [0.1, 0.15) is 17.4 Å². The summed E-state index contributed by atoms with van der Waals surface area (Å²) in [5, 5.41) is 8.82. The van der Waals surface area contributed by atoms with Crippen molar-refractivity contribution in [1.82, 2.24) is 29.5 Å². The van der Waals surface area contributed by atoms with E-state index in [0.717, 1.165) is 50.1 Å². The zero-order valence-corrected chi connectivity index (χ0v) is 15.5. The molecule has 1 saturated carbocycles. The zero-order chi connectivity index (χ0) is 17.4. The number of aryl methyl sites for hydroxylation is 1. The summed E-state index contributed by atoms with van der Waals surface area (Å²) >= 11 is 0. The van der Waals surface area contributed by atoms with Crippen LogP contribution in [-0.2, 0) is 26.6 Å². The minimum Gasteiger partial charge on any atom is -0.444 e. The Morgan fingerprint density at radius 3 is 2.84 bits per heavy atom. The average Bonchev–Trinajstić information content (AvgIpc) is 3.02. The van der Waals surface area contributed by atoms with Gasteiger partial charge < -0.3 is 8.98 Å². The van der Waals surface area contributed by atoms with Gasteiger partial charge in [-0.2, -0.15) is 0 Å². The van der Waals surface area contributed by atoms with Gasteiger partial charge in [-0.15, -0.1) is 10.2 Å². The lowest BCUT2D eigenvalue weighted by molar-refractivity contribution is 0.202. The van der Waals surface area contributed by atoms with Crippen molar-refractivity contribution in [2.75, 3.05) is 20.1 Å². The first-order chi connectivity index (χ1) is 12.1. The first-order valence-corrected chi connectivity index (χ1v) is 9.38. The van der Waals surface area contributed by atoms with E-state index in [1.54, 1.807) is 0 Å². The van der Waals surface area contributed by atoms with Crippen LogP contribution in [0.2, 0.25) is 0 Å². The number of nitrogens with zero attached hydrogens (tertiary/aromatic N) is 6. The van der Waals surface area contributed by atoms with Crippen molar-refractivity contribution >= 4 is 0 Å². The molecule has 1 saturated heterocycles. The SMILES string of the molecule is CCc1cnc(CN(C)[C@@H]2CCN(Cc3nnc(C4CC4)n3C)C2)o1. The number of hydrogen-bond acceptors (Lipinski definition) is 6. The molecule has 2 aromatic rings. The summed E-state index contributed by atoms with van der Waals surface area (Å²) in [6, 6.07) is 0.535. The van der Waals surface area contributed by atoms with Gasteiger partial charge in [-0.05, 0) is 26.3 Å². The summed E-state index contributed by atoms with van der Waals surface area (Å²) in [6.45, 7) is 5.91. The van der Waals surface area contributed by atoms with Crippen LogP contribution in [0.25, 0.3) is 0 Å². The Morgan fingerprint density at radius 1 is 1.28 bits per heavy atom. The molecule has 2 fully saturated rings. The molecule has 1 aliphatic heterocycles. The van der Waals surface area contributed by atoms with Crippen molar-refractivity contribution in [1.29, 1.82) is 0 Å². The second-order valence-electron chi connectivity index (χ2n) is 7.47. The molecule has 0 amide bonds. The summed E-state index contributed by atoms with van der Waals surface area (Å²) in [5.74, 6) is 4.69. The molecule has 7 heteroatoms. The van der Waals surface area contributed by atoms with Gasteiger partial charge in [-0.1, -0.05) is 6.92 Å². The smallest absolute Gasteiger partial charge is 0.208 e. The zero-order valence-electron chi connectivity index (χ0n) is 15.5. The molecule has 0 radical (unpaired) electrons. The van der Waals surface area contributed by atoms with E-state index in [1.807, 2.05) is 6.20 Å². The van der Waals surface area contributed by atoms with Crippen LogP contribution < -0.4 is 0 Å². The molecular formula is C18H28N6O. The molecule has 0 bridgehead atoms. The Hall–Kier alpha value is -1.73. The number of likely N-dealkylation sites (N-methyl/N-ethyl adjacent to an activating group) is 1. The molecule has 136 valence electrons. The van der Waals surface area contributed by atoms with Crippen molar-refractivity contribution in [3.8, 4) is 0 Å². The van der Waals surface area contributed by atoms with Crippen LogP contribution in [0.1, 0.15) is 55.4 Å². The van der Waals surface area contributed by atoms with Gasteiger partial charge in [0.15, 0.2) is 0 Å². The lowest BCUT2D eigenvalue weighted by Gasteiger charge is -2.23. The van der Waals surface area contributed by atoms with Gasteiger partial charge in [0, 0.05) is 38.5 Å². The van der Waals surface area contributed by atoms with E-state index in [0.29, 0.717) is 12.0 Å². The fourth-order valence-corrected chi connectivity index (χ4v) is 3.65. The van der Waals surface area contributed by atoms with Gasteiger partial charge >= 0.3 is 0 Å². The van der Waals surface area contributed by atoms with Crippen LogP contribution in [0.15, 0.2) is 10.6 Å². The number of oxazole rings is 1. The van der Waals surface area contributed by atoms with E-state index in [2.05, 4.69) is 50.6 Å². The number of hydrogen-bond donors (Lipinski definition) is 0. The number of likely N-dealkylation sites (tertiary alicyclic amines) is 1. The highest BCUT2D eigenvalue weighted by Gasteiger charge is 2.31. The van der Waals surface area contributed by atoms with Crippen LogP contribution >= 0.6 is 0 Å². The number of rotatable bonds is 7. The Kier molecular flexibility index (Phi) is 4.60. The van der Waals surface area contributed by atoms with E-state index >= 15 is 0 Å². The molecule has 1 aliphatic carbocycles. The van der Waals surface area contributed by atoms with Gasteiger partial charge in [0.25, 0.3) is 0 Å². The quantitative estimate of drug-likeness (QED) is 0.765. The van der Waals surface area contributed by atoms with E-state index in [9.17, 15) is 0 Å². The Labute approximate surface area is 149 Å². The minimum atomic E-state index is 0.535. The molecular weight excluding hydrogens is 316 g/mol. The second-order valence-corrected chi connectivity index (χ2v) is 7.47. The molecule has 2 aliphatic rings.